The van der Waals surface area contributed by atoms with Crippen molar-refractivity contribution >= 4 is 35.0 Å². The Morgan fingerprint density at radius 1 is 0.919 bits per heavy atom. The van der Waals surface area contributed by atoms with Gasteiger partial charge in [0.25, 0.3) is 5.91 Å². The Bertz CT molecular complexity index is 1200. The number of nitrogens with zero attached hydrogens (tertiary/aromatic N) is 1. The molecule has 1 N–H and O–H groups in total. The van der Waals surface area contributed by atoms with E-state index in [1.165, 1.54) is 4.90 Å². The molecule has 2 amide bonds. The van der Waals surface area contributed by atoms with E-state index in [1.54, 1.807) is 18.2 Å². The highest BCUT2D eigenvalue weighted by Crippen LogP contribution is 2.27. The first-order chi connectivity index (χ1) is 17.4. The third kappa shape index (κ3) is 8.51. The number of amides is 2. The zero-order chi connectivity index (χ0) is 27.2. The maximum Gasteiger partial charge on any atom is 0.261 e. The van der Waals surface area contributed by atoms with Crippen LogP contribution in [0.25, 0.3) is 0 Å². The summed E-state index contributed by atoms with van der Waals surface area (Å²) < 4.78 is 5.90. The smallest absolute Gasteiger partial charge is 0.261 e. The lowest BCUT2D eigenvalue weighted by molar-refractivity contribution is -0.143. The zero-order valence-electron chi connectivity index (χ0n) is 22.0. The number of ether oxygens (including phenoxy) is 1. The molecule has 37 heavy (non-hydrogen) atoms. The van der Waals surface area contributed by atoms with E-state index in [9.17, 15) is 9.59 Å². The molecule has 0 aliphatic heterocycles. The van der Waals surface area contributed by atoms with Crippen LogP contribution < -0.4 is 10.1 Å². The summed E-state index contributed by atoms with van der Waals surface area (Å²) in [6.07, 6.45) is 0.320. The highest BCUT2D eigenvalue weighted by atomic mass is 35.5. The van der Waals surface area contributed by atoms with Gasteiger partial charge in [0.1, 0.15) is 11.8 Å². The van der Waals surface area contributed by atoms with Crippen molar-refractivity contribution in [3.8, 4) is 5.75 Å². The third-order valence-electron chi connectivity index (χ3n) is 5.72. The van der Waals surface area contributed by atoms with Gasteiger partial charge in [0.15, 0.2) is 6.61 Å². The summed E-state index contributed by atoms with van der Waals surface area (Å²) in [5.74, 6) is -0.0141. The first-order valence-corrected chi connectivity index (χ1v) is 13.0. The van der Waals surface area contributed by atoms with Crippen LogP contribution in [0.3, 0.4) is 0 Å². The molecule has 0 radical (unpaired) electrons. The first-order valence-electron chi connectivity index (χ1n) is 12.2. The lowest BCUT2D eigenvalue weighted by atomic mass is 10.0. The second-order valence-corrected chi connectivity index (χ2v) is 11.1. The summed E-state index contributed by atoms with van der Waals surface area (Å²) in [6, 6.07) is 19.8. The van der Waals surface area contributed by atoms with Crippen LogP contribution in [0.1, 0.15) is 43.0 Å². The Hall–Kier alpha value is -3.02. The number of hydrogen-bond donors (Lipinski definition) is 1. The summed E-state index contributed by atoms with van der Waals surface area (Å²) in [5, 5.41) is 3.89. The van der Waals surface area contributed by atoms with E-state index in [2.05, 4.69) is 5.32 Å². The van der Waals surface area contributed by atoms with Gasteiger partial charge in [-0.1, -0.05) is 65.7 Å². The molecule has 0 bridgehead atoms. The van der Waals surface area contributed by atoms with Gasteiger partial charge in [0.05, 0.1) is 0 Å². The number of aryl methyl sites for hydroxylation is 2. The minimum Gasteiger partial charge on any atom is -0.484 e. The molecule has 0 aliphatic carbocycles. The van der Waals surface area contributed by atoms with Crippen molar-refractivity contribution in [3.05, 3.63) is 99.0 Å². The number of hydrogen-bond acceptors (Lipinski definition) is 3. The molecule has 5 nitrogen and oxygen atoms in total. The van der Waals surface area contributed by atoms with Crippen molar-refractivity contribution in [2.45, 2.75) is 59.2 Å². The summed E-state index contributed by atoms with van der Waals surface area (Å²) in [5.41, 5.74) is 3.09. The van der Waals surface area contributed by atoms with Crippen molar-refractivity contribution in [1.82, 2.24) is 10.2 Å². The Labute approximate surface area is 229 Å². The Balaban J connectivity index is 1.99. The molecular formula is C30H34Cl2N2O3. The van der Waals surface area contributed by atoms with Crippen molar-refractivity contribution in [1.29, 1.82) is 0 Å². The monoisotopic (exact) mass is 540 g/mol. The van der Waals surface area contributed by atoms with E-state index in [1.807, 2.05) is 83.1 Å². The number of halogens is 2. The highest BCUT2D eigenvalue weighted by Gasteiger charge is 2.33. The van der Waals surface area contributed by atoms with E-state index in [0.29, 0.717) is 27.8 Å². The van der Waals surface area contributed by atoms with Crippen molar-refractivity contribution < 1.29 is 14.3 Å². The van der Waals surface area contributed by atoms with Gasteiger partial charge in [-0.2, -0.15) is 0 Å². The van der Waals surface area contributed by atoms with E-state index < -0.39 is 11.6 Å². The van der Waals surface area contributed by atoms with Gasteiger partial charge >= 0.3 is 0 Å². The Kier molecular flexibility index (Phi) is 9.63. The van der Waals surface area contributed by atoms with E-state index in [0.717, 1.165) is 16.7 Å². The molecule has 1 unspecified atom stereocenters. The molecule has 3 aromatic rings. The lowest BCUT2D eigenvalue weighted by Crippen LogP contribution is -2.55. The molecule has 196 valence electrons. The normalized spacial score (nSPS) is 12.1. The zero-order valence-corrected chi connectivity index (χ0v) is 23.5. The fourth-order valence-electron chi connectivity index (χ4n) is 4.10. The van der Waals surface area contributed by atoms with Crippen LogP contribution in [0.5, 0.6) is 5.75 Å². The fraction of sp³-hybridized carbons (Fsp3) is 0.333. The Morgan fingerprint density at radius 2 is 1.51 bits per heavy atom. The predicted molar refractivity (Wildman–Crippen MR) is 150 cm³/mol. The van der Waals surface area contributed by atoms with Crippen LogP contribution in [-0.2, 0) is 22.6 Å². The summed E-state index contributed by atoms with van der Waals surface area (Å²) >= 11 is 13.0. The highest BCUT2D eigenvalue weighted by molar-refractivity contribution is 6.36. The molecule has 3 rings (SSSR count). The van der Waals surface area contributed by atoms with Gasteiger partial charge in [0.2, 0.25) is 5.91 Å². The standard InChI is InChI=1S/C30H34Cl2N2O3/c1-20-14-21(2)16-23(15-20)37-19-28(35)34(18-24-25(31)12-9-13-26(24)32)27(29(36)33-30(3,4)5)17-22-10-7-6-8-11-22/h6-16,27H,17-19H2,1-5H3,(H,33,36). The van der Waals surface area contributed by atoms with Crippen LogP contribution in [0.2, 0.25) is 10.0 Å². The second kappa shape index (κ2) is 12.5. The summed E-state index contributed by atoms with van der Waals surface area (Å²) in [4.78, 5) is 28.9. The van der Waals surface area contributed by atoms with Crippen molar-refractivity contribution in [2.75, 3.05) is 6.61 Å². The second-order valence-electron chi connectivity index (χ2n) is 10.3. The van der Waals surface area contributed by atoms with E-state index in [4.69, 9.17) is 27.9 Å². The number of rotatable bonds is 9. The average Bonchev–Trinajstić information content (AvgIpc) is 2.80. The maximum atomic E-state index is 13.7. The molecule has 0 spiro atoms. The molecule has 1 atom stereocenters. The topological polar surface area (TPSA) is 58.6 Å². The van der Waals surface area contributed by atoms with Gasteiger partial charge in [-0.3, -0.25) is 9.59 Å². The molecule has 0 fully saturated rings. The number of benzene rings is 3. The number of carbonyl (C=O) groups is 2. The summed E-state index contributed by atoms with van der Waals surface area (Å²) in [6.45, 7) is 9.49. The maximum absolute atomic E-state index is 13.7. The van der Waals surface area contributed by atoms with E-state index >= 15 is 0 Å². The van der Waals surface area contributed by atoms with Crippen LogP contribution >= 0.6 is 23.2 Å². The summed E-state index contributed by atoms with van der Waals surface area (Å²) in [7, 11) is 0. The van der Waals surface area contributed by atoms with Crippen LogP contribution in [0.15, 0.2) is 66.7 Å². The van der Waals surface area contributed by atoms with E-state index in [-0.39, 0.29) is 25.0 Å². The predicted octanol–water partition coefficient (Wildman–Crippen LogP) is 6.54. The Morgan fingerprint density at radius 3 is 2.08 bits per heavy atom. The van der Waals surface area contributed by atoms with Gasteiger partial charge in [-0.25, -0.2) is 0 Å². The van der Waals surface area contributed by atoms with Gasteiger partial charge in [0, 0.05) is 34.1 Å². The SMILES string of the molecule is Cc1cc(C)cc(OCC(=O)N(Cc2c(Cl)cccc2Cl)C(Cc2ccccc2)C(=O)NC(C)(C)C)c1. The van der Waals surface area contributed by atoms with Crippen molar-refractivity contribution in [2.24, 2.45) is 0 Å². The molecule has 3 aromatic carbocycles. The lowest BCUT2D eigenvalue weighted by Gasteiger charge is -2.34. The van der Waals surface area contributed by atoms with Crippen LogP contribution in [0.4, 0.5) is 0 Å². The fourth-order valence-corrected chi connectivity index (χ4v) is 4.62. The molecular weight excluding hydrogens is 507 g/mol. The minimum absolute atomic E-state index is 0.0581. The van der Waals surface area contributed by atoms with Gasteiger partial charge in [-0.15, -0.1) is 0 Å². The minimum atomic E-state index is -0.815. The quantitative estimate of drug-likeness (QED) is 0.335. The molecule has 7 heteroatoms. The van der Waals surface area contributed by atoms with Crippen LogP contribution in [0, 0.1) is 13.8 Å². The molecule has 0 aliphatic rings. The largest absolute Gasteiger partial charge is 0.484 e. The number of nitrogens with one attached hydrogen (secondary N) is 1. The van der Waals surface area contributed by atoms with Crippen LogP contribution in [-0.4, -0.2) is 34.9 Å². The molecule has 0 saturated heterocycles. The molecule has 0 saturated carbocycles. The van der Waals surface area contributed by atoms with Gasteiger partial charge < -0.3 is 15.0 Å². The third-order valence-corrected chi connectivity index (χ3v) is 6.43. The van der Waals surface area contributed by atoms with Gasteiger partial charge in [-0.05, 0) is 75.6 Å². The first kappa shape index (κ1) is 28.5. The average molecular weight is 542 g/mol. The molecule has 0 aromatic heterocycles. The van der Waals surface area contributed by atoms with Crippen molar-refractivity contribution in [3.63, 3.8) is 0 Å². The number of carbonyl (C=O) groups excluding carboxylic acids is 2. The molecule has 0 heterocycles.